The van der Waals surface area contributed by atoms with Crippen molar-refractivity contribution >= 4 is 6.21 Å². The first-order chi connectivity index (χ1) is 11.3. The molecule has 114 valence electrons. The van der Waals surface area contributed by atoms with Crippen molar-refractivity contribution in [2.24, 2.45) is 5.16 Å². The van der Waals surface area contributed by atoms with Gasteiger partial charge in [0.1, 0.15) is 6.61 Å². The Balaban J connectivity index is 1.57. The van der Waals surface area contributed by atoms with Gasteiger partial charge in [-0.05, 0) is 29.2 Å². The van der Waals surface area contributed by atoms with E-state index in [4.69, 9.17) is 4.84 Å². The summed E-state index contributed by atoms with van der Waals surface area (Å²) in [5, 5.41) is 4.03. The molecule has 2 nitrogen and oxygen atoms in total. The third kappa shape index (κ3) is 4.30. The molecular weight excluding hydrogens is 282 g/mol. The predicted molar refractivity (Wildman–Crippen MR) is 95.4 cm³/mol. The smallest absolute Gasteiger partial charge is 0.142 e. The summed E-state index contributed by atoms with van der Waals surface area (Å²) in [4.78, 5) is 5.38. The van der Waals surface area contributed by atoms with Crippen LogP contribution in [0.5, 0.6) is 0 Å². The highest BCUT2D eigenvalue weighted by Gasteiger charge is 1.97. The average Bonchev–Trinajstić information content (AvgIpc) is 2.60. The maximum absolute atomic E-state index is 5.38. The zero-order valence-corrected chi connectivity index (χ0v) is 13.1. The molecule has 2 heteroatoms. The molecule has 3 aromatic carbocycles. The van der Waals surface area contributed by atoms with Crippen molar-refractivity contribution in [2.45, 2.75) is 13.5 Å². The lowest BCUT2D eigenvalue weighted by Gasteiger charge is -2.04. The molecule has 0 radical (unpaired) electrons. The molecule has 0 fully saturated rings. The number of nitrogens with zero attached hydrogens (tertiary/aromatic N) is 1. The standard InChI is InChI=1S/C21H19NO/c1-17-6-5-7-19(14-17)15-22-23-16-18-10-12-21(13-11-18)20-8-3-2-4-9-20/h2-15H,16H2,1H3. The molecule has 23 heavy (non-hydrogen) atoms. The summed E-state index contributed by atoms with van der Waals surface area (Å²) in [6, 6.07) is 26.9. The van der Waals surface area contributed by atoms with Crippen LogP contribution in [0.25, 0.3) is 11.1 Å². The van der Waals surface area contributed by atoms with Crippen molar-refractivity contribution in [3.8, 4) is 11.1 Å². The molecule has 0 aromatic heterocycles. The van der Waals surface area contributed by atoms with Crippen molar-refractivity contribution < 1.29 is 4.84 Å². The Bertz CT molecular complexity index is 776. The Kier molecular flexibility index (Phi) is 4.85. The van der Waals surface area contributed by atoms with E-state index in [-0.39, 0.29) is 0 Å². The summed E-state index contributed by atoms with van der Waals surface area (Å²) in [5.41, 5.74) is 5.79. The van der Waals surface area contributed by atoms with Crippen molar-refractivity contribution in [1.29, 1.82) is 0 Å². The van der Waals surface area contributed by atoms with E-state index in [1.807, 2.05) is 30.3 Å². The van der Waals surface area contributed by atoms with Crippen molar-refractivity contribution in [3.63, 3.8) is 0 Å². The van der Waals surface area contributed by atoms with E-state index in [0.29, 0.717) is 6.61 Å². The first kappa shape index (κ1) is 15.0. The van der Waals surface area contributed by atoms with E-state index in [2.05, 4.69) is 60.6 Å². The van der Waals surface area contributed by atoms with Crippen LogP contribution in [0.15, 0.2) is 84.0 Å². The van der Waals surface area contributed by atoms with Crippen LogP contribution in [-0.2, 0) is 11.4 Å². The minimum atomic E-state index is 0.470. The zero-order chi connectivity index (χ0) is 15.9. The molecule has 0 atom stereocenters. The molecule has 0 amide bonds. The second kappa shape index (κ2) is 7.41. The molecule has 0 aliphatic rings. The molecule has 0 saturated carbocycles. The Hall–Kier alpha value is -2.87. The lowest BCUT2D eigenvalue weighted by atomic mass is 10.0. The van der Waals surface area contributed by atoms with Gasteiger partial charge in [0.05, 0.1) is 6.21 Å². The van der Waals surface area contributed by atoms with E-state index >= 15 is 0 Å². The van der Waals surface area contributed by atoms with E-state index < -0.39 is 0 Å². The van der Waals surface area contributed by atoms with Gasteiger partial charge >= 0.3 is 0 Å². The minimum Gasteiger partial charge on any atom is -0.391 e. The van der Waals surface area contributed by atoms with Crippen molar-refractivity contribution in [2.75, 3.05) is 0 Å². The fourth-order valence-electron chi connectivity index (χ4n) is 2.38. The van der Waals surface area contributed by atoms with Crippen LogP contribution in [0.2, 0.25) is 0 Å². The fourth-order valence-corrected chi connectivity index (χ4v) is 2.38. The lowest BCUT2D eigenvalue weighted by molar-refractivity contribution is 0.132. The summed E-state index contributed by atoms with van der Waals surface area (Å²) in [5.74, 6) is 0. The molecule has 0 unspecified atom stereocenters. The molecule has 0 N–H and O–H groups in total. The van der Waals surface area contributed by atoms with Gasteiger partial charge in [-0.2, -0.15) is 0 Å². The van der Waals surface area contributed by atoms with Crippen molar-refractivity contribution in [1.82, 2.24) is 0 Å². The zero-order valence-electron chi connectivity index (χ0n) is 13.1. The average molecular weight is 301 g/mol. The van der Waals surface area contributed by atoms with Crippen LogP contribution < -0.4 is 0 Å². The van der Waals surface area contributed by atoms with Gasteiger partial charge < -0.3 is 4.84 Å². The van der Waals surface area contributed by atoms with Gasteiger partial charge in [0.15, 0.2) is 0 Å². The Labute approximate surface area is 137 Å². The van der Waals surface area contributed by atoms with Crippen LogP contribution in [0.4, 0.5) is 0 Å². The molecule has 0 aliphatic carbocycles. The molecule has 3 rings (SSSR count). The first-order valence-electron chi connectivity index (χ1n) is 7.68. The van der Waals surface area contributed by atoms with Crippen molar-refractivity contribution in [3.05, 3.63) is 95.6 Å². The van der Waals surface area contributed by atoms with E-state index in [1.54, 1.807) is 6.21 Å². The quantitative estimate of drug-likeness (QED) is 0.468. The monoisotopic (exact) mass is 301 g/mol. The third-order valence-electron chi connectivity index (χ3n) is 3.61. The van der Waals surface area contributed by atoms with Gasteiger partial charge in [0, 0.05) is 0 Å². The third-order valence-corrected chi connectivity index (χ3v) is 3.61. The maximum Gasteiger partial charge on any atom is 0.142 e. The summed E-state index contributed by atoms with van der Waals surface area (Å²) < 4.78 is 0. The van der Waals surface area contributed by atoms with Gasteiger partial charge in [-0.25, -0.2) is 0 Å². The second-order valence-corrected chi connectivity index (χ2v) is 5.49. The molecule has 3 aromatic rings. The van der Waals surface area contributed by atoms with E-state index in [0.717, 1.165) is 11.1 Å². The van der Waals surface area contributed by atoms with E-state index in [1.165, 1.54) is 16.7 Å². The normalized spacial score (nSPS) is 10.8. The number of rotatable bonds is 5. The van der Waals surface area contributed by atoms with Crippen LogP contribution in [0.1, 0.15) is 16.7 Å². The Morgan fingerprint density at radius 3 is 2.30 bits per heavy atom. The second-order valence-electron chi connectivity index (χ2n) is 5.49. The molecular formula is C21H19NO. The van der Waals surface area contributed by atoms with E-state index in [9.17, 15) is 0 Å². The number of benzene rings is 3. The van der Waals surface area contributed by atoms with Gasteiger partial charge in [0.25, 0.3) is 0 Å². The molecule has 0 spiro atoms. The summed E-state index contributed by atoms with van der Waals surface area (Å²) in [6.45, 7) is 2.53. The number of aryl methyl sites for hydroxylation is 1. The highest BCUT2D eigenvalue weighted by molar-refractivity contribution is 5.79. The van der Waals surface area contributed by atoms with Gasteiger partial charge in [-0.1, -0.05) is 89.6 Å². The Morgan fingerprint density at radius 2 is 1.57 bits per heavy atom. The molecule has 0 bridgehead atoms. The minimum absolute atomic E-state index is 0.470. The van der Waals surface area contributed by atoms with Gasteiger partial charge in [-0.15, -0.1) is 0 Å². The predicted octanol–water partition coefficient (Wildman–Crippen LogP) is 5.21. The van der Waals surface area contributed by atoms with Gasteiger partial charge in [-0.3, -0.25) is 0 Å². The number of hydrogen-bond acceptors (Lipinski definition) is 2. The van der Waals surface area contributed by atoms with Crippen LogP contribution >= 0.6 is 0 Å². The maximum atomic E-state index is 5.38. The summed E-state index contributed by atoms with van der Waals surface area (Å²) in [7, 11) is 0. The highest BCUT2D eigenvalue weighted by atomic mass is 16.6. The number of hydrogen-bond donors (Lipinski definition) is 0. The summed E-state index contributed by atoms with van der Waals surface area (Å²) >= 11 is 0. The fraction of sp³-hybridized carbons (Fsp3) is 0.0952. The molecule has 0 heterocycles. The van der Waals surface area contributed by atoms with Crippen LogP contribution in [0, 0.1) is 6.92 Å². The largest absolute Gasteiger partial charge is 0.391 e. The molecule has 0 aliphatic heterocycles. The highest BCUT2D eigenvalue weighted by Crippen LogP contribution is 2.19. The molecule has 0 saturated heterocycles. The SMILES string of the molecule is Cc1cccc(C=NOCc2ccc(-c3ccccc3)cc2)c1. The topological polar surface area (TPSA) is 21.6 Å². The Morgan fingerprint density at radius 1 is 0.826 bits per heavy atom. The lowest BCUT2D eigenvalue weighted by Crippen LogP contribution is -1.89. The van der Waals surface area contributed by atoms with Crippen LogP contribution in [0.3, 0.4) is 0 Å². The first-order valence-corrected chi connectivity index (χ1v) is 7.68. The van der Waals surface area contributed by atoms with Gasteiger partial charge in [0.2, 0.25) is 0 Å². The van der Waals surface area contributed by atoms with Crippen LogP contribution in [-0.4, -0.2) is 6.21 Å². The number of oxime groups is 1. The summed E-state index contributed by atoms with van der Waals surface area (Å²) in [6.07, 6.45) is 1.74.